The van der Waals surface area contributed by atoms with Crippen LogP contribution in [-0.2, 0) is 16.2 Å². The highest BCUT2D eigenvalue weighted by molar-refractivity contribution is 7.93. The number of carbonyl (C=O) groups excluding carboxylic acids is 1. The lowest BCUT2D eigenvalue weighted by Crippen LogP contribution is -2.31. The largest absolute Gasteiger partial charge is 0.418 e. The number of halogens is 3. The van der Waals surface area contributed by atoms with E-state index in [1.807, 2.05) is 0 Å². The first-order valence-corrected chi connectivity index (χ1v) is 9.62. The predicted molar refractivity (Wildman–Crippen MR) is 94.7 cm³/mol. The summed E-state index contributed by atoms with van der Waals surface area (Å²) in [5.74, 6) is -0.649. The topological polar surface area (TPSA) is 78.5 Å². The van der Waals surface area contributed by atoms with Crippen LogP contribution in [0.1, 0.15) is 22.3 Å². The van der Waals surface area contributed by atoms with Gasteiger partial charge in [0.2, 0.25) is 10.0 Å². The number of nitrogens with zero attached hydrogens (tertiary/aromatic N) is 1. The summed E-state index contributed by atoms with van der Waals surface area (Å²) in [5, 5.41) is 0. The molecule has 1 heterocycles. The van der Waals surface area contributed by atoms with Gasteiger partial charge in [-0.3, -0.25) is 20.0 Å². The van der Waals surface area contributed by atoms with Crippen LogP contribution in [0.2, 0.25) is 0 Å². The second-order valence-electron chi connectivity index (χ2n) is 5.91. The molecule has 1 amide bonds. The molecule has 144 valence electrons. The van der Waals surface area contributed by atoms with E-state index in [1.54, 1.807) is 6.07 Å². The standard InChI is InChI=1S/C17H16F3N3O3S/c18-17(19,20)14-7-1-2-8-15(14)21-22-16(24)12-5-3-6-13(11-12)23-9-4-10-27(23,25)26/h1-3,5-8,11,21H,4,9-10H2,(H,22,24). The van der Waals surface area contributed by atoms with Crippen LogP contribution in [0, 0.1) is 0 Å². The number of amides is 1. The Balaban J connectivity index is 1.76. The van der Waals surface area contributed by atoms with Crippen LogP contribution >= 0.6 is 0 Å². The van der Waals surface area contributed by atoms with Gasteiger partial charge in [0, 0.05) is 12.1 Å². The van der Waals surface area contributed by atoms with Crippen LogP contribution in [0.5, 0.6) is 0 Å². The zero-order valence-electron chi connectivity index (χ0n) is 14.0. The van der Waals surface area contributed by atoms with Crippen LogP contribution in [0.25, 0.3) is 0 Å². The number of benzene rings is 2. The minimum atomic E-state index is -4.57. The summed E-state index contributed by atoms with van der Waals surface area (Å²) in [7, 11) is -3.40. The maximum absolute atomic E-state index is 13.0. The lowest BCUT2D eigenvalue weighted by Gasteiger charge is -2.18. The van der Waals surface area contributed by atoms with E-state index in [4.69, 9.17) is 0 Å². The van der Waals surface area contributed by atoms with Crippen molar-refractivity contribution in [3.05, 3.63) is 59.7 Å². The number of hydrazine groups is 1. The fourth-order valence-electron chi connectivity index (χ4n) is 2.77. The summed E-state index contributed by atoms with van der Waals surface area (Å²) >= 11 is 0. The molecule has 0 aliphatic carbocycles. The molecule has 3 rings (SSSR count). The van der Waals surface area contributed by atoms with Gasteiger partial charge >= 0.3 is 6.18 Å². The van der Waals surface area contributed by atoms with Crippen molar-refractivity contribution in [3.63, 3.8) is 0 Å². The van der Waals surface area contributed by atoms with Gasteiger partial charge in [-0.15, -0.1) is 0 Å². The van der Waals surface area contributed by atoms with Gasteiger partial charge in [-0.1, -0.05) is 18.2 Å². The Morgan fingerprint density at radius 1 is 1.07 bits per heavy atom. The van der Waals surface area contributed by atoms with Crippen molar-refractivity contribution in [2.75, 3.05) is 22.0 Å². The van der Waals surface area contributed by atoms with E-state index in [0.717, 1.165) is 6.07 Å². The lowest BCUT2D eigenvalue weighted by molar-refractivity contribution is -0.137. The molecule has 0 atom stereocenters. The fourth-order valence-corrected chi connectivity index (χ4v) is 4.32. The SMILES string of the molecule is O=C(NNc1ccccc1C(F)(F)F)c1cccc(N2CCCS2(=O)=O)c1. The Labute approximate surface area is 154 Å². The number of para-hydroxylation sites is 1. The molecule has 2 N–H and O–H groups in total. The van der Waals surface area contributed by atoms with Gasteiger partial charge in [-0.05, 0) is 36.8 Å². The number of sulfonamides is 1. The fraction of sp³-hybridized carbons (Fsp3) is 0.235. The number of alkyl halides is 3. The first-order chi connectivity index (χ1) is 12.7. The van der Waals surface area contributed by atoms with Crippen molar-refractivity contribution in [2.45, 2.75) is 12.6 Å². The summed E-state index contributed by atoms with van der Waals surface area (Å²) in [5.41, 5.74) is 3.73. The molecule has 10 heteroatoms. The molecule has 2 aromatic rings. The summed E-state index contributed by atoms with van der Waals surface area (Å²) in [6.07, 6.45) is -4.08. The smallest absolute Gasteiger partial charge is 0.298 e. The number of hydrogen-bond donors (Lipinski definition) is 2. The van der Waals surface area contributed by atoms with Crippen molar-refractivity contribution in [1.29, 1.82) is 0 Å². The van der Waals surface area contributed by atoms with Gasteiger partial charge in [0.1, 0.15) is 0 Å². The zero-order valence-corrected chi connectivity index (χ0v) is 14.8. The minimum absolute atomic E-state index is 0.0409. The highest BCUT2D eigenvalue weighted by Crippen LogP contribution is 2.34. The minimum Gasteiger partial charge on any atom is -0.298 e. The van der Waals surface area contributed by atoms with Crippen LogP contribution in [-0.4, -0.2) is 26.6 Å². The van der Waals surface area contributed by atoms with Crippen LogP contribution in [0.4, 0.5) is 24.5 Å². The predicted octanol–water partition coefficient (Wildman–Crippen LogP) is 3.00. The zero-order chi connectivity index (χ0) is 19.7. The quantitative estimate of drug-likeness (QED) is 0.775. The third-order valence-corrected chi connectivity index (χ3v) is 5.91. The third-order valence-electron chi connectivity index (χ3n) is 4.04. The van der Waals surface area contributed by atoms with Gasteiger partial charge in [0.15, 0.2) is 0 Å². The highest BCUT2D eigenvalue weighted by Gasteiger charge is 2.33. The molecule has 1 saturated heterocycles. The molecule has 1 fully saturated rings. The summed E-state index contributed by atoms with van der Waals surface area (Å²) in [6.45, 7) is 0.324. The second kappa shape index (κ2) is 7.10. The second-order valence-corrected chi connectivity index (χ2v) is 7.93. The van der Waals surface area contributed by atoms with E-state index < -0.39 is 27.7 Å². The average molecular weight is 399 g/mol. The van der Waals surface area contributed by atoms with E-state index in [2.05, 4.69) is 10.9 Å². The Morgan fingerprint density at radius 3 is 2.48 bits per heavy atom. The normalized spacial score (nSPS) is 16.2. The lowest BCUT2D eigenvalue weighted by atomic mass is 10.1. The van der Waals surface area contributed by atoms with Gasteiger partial charge in [0.25, 0.3) is 5.91 Å². The van der Waals surface area contributed by atoms with Crippen LogP contribution in [0.3, 0.4) is 0 Å². The molecule has 1 aliphatic heterocycles. The monoisotopic (exact) mass is 399 g/mol. The average Bonchev–Trinajstić information content (AvgIpc) is 2.98. The maximum Gasteiger partial charge on any atom is 0.418 e. The van der Waals surface area contributed by atoms with Gasteiger partial charge in [-0.25, -0.2) is 8.42 Å². The molecule has 6 nitrogen and oxygen atoms in total. The van der Waals surface area contributed by atoms with E-state index in [1.165, 1.54) is 40.7 Å². The Kier molecular flexibility index (Phi) is 5.01. The molecule has 0 bridgehead atoms. The Bertz CT molecular complexity index is 961. The van der Waals surface area contributed by atoms with E-state index in [0.29, 0.717) is 18.7 Å². The number of hydrogen-bond acceptors (Lipinski definition) is 4. The number of rotatable bonds is 4. The van der Waals surface area contributed by atoms with Crippen molar-refractivity contribution in [2.24, 2.45) is 0 Å². The molecule has 27 heavy (non-hydrogen) atoms. The number of carbonyl (C=O) groups is 1. The number of nitrogens with one attached hydrogen (secondary N) is 2. The molecule has 2 aromatic carbocycles. The summed E-state index contributed by atoms with van der Waals surface area (Å²) in [6, 6.07) is 10.6. The summed E-state index contributed by atoms with van der Waals surface area (Å²) < 4.78 is 64.1. The van der Waals surface area contributed by atoms with E-state index in [-0.39, 0.29) is 17.0 Å². The van der Waals surface area contributed by atoms with E-state index in [9.17, 15) is 26.4 Å². The van der Waals surface area contributed by atoms with Crippen molar-refractivity contribution in [3.8, 4) is 0 Å². The molecule has 0 saturated carbocycles. The van der Waals surface area contributed by atoms with Crippen molar-refractivity contribution >= 4 is 27.3 Å². The molecular formula is C17H16F3N3O3S. The first kappa shape index (κ1) is 19.0. The van der Waals surface area contributed by atoms with Crippen molar-refractivity contribution < 1.29 is 26.4 Å². The van der Waals surface area contributed by atoms with Gasteiger partial charge in [-0.2, -0.15) is 13.2 Å². The maximum atomic E-state index is 13.0. The molecule has 0 unspecified atom stereocenters. The number of anilines is 2. The molecular weight excluding hydrogens is 383 g/mol. The molecule has 1 aliphatic rings. The van der Waals surface area contributed by atoms with Gasteiger partial charge in [0.05, 0.1) is 22.7 Å². The van der Waals surface area contributed by atoms with Gasteiger partial charge < -0.3 is 0 Å². The summed E-state index contributed by atoms with van der Waals surface area (Å²) in [4.78, 5) is 12.3. The third kappa shape index (κ3) is 4.16. The van der Waals surface area contributed by atoms with E-state index >= 15 is 0 Å². The van der Waals surface area contributed by atoms with Crippen molar-refractivity contribution in [1.82, 2.24) is 5.43 Å². The highest BCUT2D eigenvalue weighted by atomic mass is 32.2. The Hall–Kier alpha value is -2.75. The molecule has 0 spiro atoms. The Morgan fingerprint density at radius 2 is 1.81 bits per heavy atom. The van der Waals surface area contributed by atoms with Crippen LogP contribution in [0.15, 0.2) is 48.5 Å². The first-order valence-electron chi connectivity index (χ1n) is 8.01. The van der Waals surface area contributed by atoms with Crippen LogP contribution < -0.4 is 15.2 Å². The molecule has 0 aromatic heterocycles. The molecule has 0 radical (unpaired) electrons.